The number of nitrogens with zero attached hydrogens (tertiary/aromatic N) is 3. The standard InChI is InChI=1S/C18H25N3S/c1-15(17-6-5-7-19-11-17)20(2)13-18-10-16(14-22-18)12-21-8-3-4-9-21/h5-7,10-11,14-15H,3-4,8-9,12-13H2,1-2H3/t15-/m0/s1. The van der Waals surface area contributed by atoms with E-state index >= 15 is 0 Å². The van der Waals surface area contributed by atoms with Crippen LogP contribution < -0.4 is 0 Å². The second kappa shape index (κ2) is 7.36. The molecule has 0 radical (unpaired) electrons. The van der Waals surface area contributed by atoms with E-state index in [1.807, 2.05) is 29.8 Å². The number of rotatable bonds is 6. The summed E-state index contributed by atoms with van der Waals surface area (Å²) in [6.07, 6.45) is 6.53. The Morgan fingerprint density at radius 3 is 2.91 bits per heavy atom. The van der Waals surface area contributed by atoms with Crippen molar-refractivity contribution in [2.45, 2.75) is 38.9 Å². The molecular formula is C18H25N3S. The van der Waals surface area contributed by atoms with Crippen molar-refractivity contribution in [2.24, 2.45) is 0 Å². The molecule has 2 aromatic rings. The van der Waals surface area contributed by atoms with E-state index in [2.05, 4.69) is 46.3 Å². The lowest BCUT2D eigenvalue weighted by atomic mass is 10.1. The van der Waals surface area contributed by atoms with Crippen molar-refractivity contribution >= 4 is 11.3 Å². The largest absolute Gasteiger partial charge is 0.299 e. The minimum atomic E-state index is 0.387. The van der Waals surface area contributed by atoms with Gasteiger partial charge in [0.2, 0.25) is 0 Å². The molecule has 1 aliphatic heterocycles. The molecule has 118 valence electrons. The van der Waals surface area contributed by atoms with Gasteiger partial charge in [-0.1, -0.05) is 6.07 Å². The first-order valence-electron chi connectivity index (χ1n) is 8.11. The van der Waals surface area contributed by atoms with E-state index in [9.17, 15) is 0 Å². The zero-order chi connectivity index (χ0) is 15.4. The van der Waals surface area contributed by atoms with Crippen LogP contribution in [0, 0.1) is 0 Å². The molecule has 1 atom stereocenters. The average molecular weight is 315 g/mol. The van der Waals surface area contributed by atoms with Crippen molar-refractivity contribution in [1.29, 1.82) is 0 Å². The summed E-state index contributed by atoms with van der Waals surface area (Å²) in [4.78, 5) is 10.6. The fourth-order valence-electron chi connectivity index (χ4n) is 3.05. The van der Waals surface area contributed by atoms with Crippen molar-refractivity contribution < 1.29 is 0 Å². The fraction of sp³-hybridized carbons (Fsp3) is 0.500. The van der Waals surface area contributed by atoms with Crippen LogP contribution in [0.15, 0.2) is 36.0 Å². The maximum absolute atomic E-state index is 4.23. The van der Waals surface area contributed by atoms with Crippen molar-refractivity contribution in [3.63, 3.8) is 0 Å². The molecule has 0 aliphatic carbocycles. The first-order chi connectivity index (χ1) is 10.7. The highest BCUT2D eigenvalue weighted by Crippen LogP contribution is 2.24. The highest BCUT2D eigenvalue weighted by Gasteiger charge is 2.15. The van der Waals surface area contributed by atoms with Gasteiger partial charge in [0, 0.05) is 36.4 Å². The summed E-state index contributed by atoms with van der Waals surface area (Å²) >= 11 is 1.89. The smallest absolute Gasteiger partial charge is 0.0335 e. The Labute approximate surface area is 137 Å². The quantitative estimate of drug-likeness (QED) is 0.805. The Bertz CT molecular complexity index is 575. The molecule has 0 bridgehead atoms. The Hall–Kier alpha value is -1.23. The highest BCUT2D eigenvalue weighted by atomic mass is 32.1. The fourth-order valence-corrected chi connectivity index (χ4v) is 3.99. The van der Waals surface area contributed by atoms with Crippen LogP contribution >= 0.6 is 11.3 Å². The third kappa shape index (κ3) is 3.94. The SMILES string of the molecule is C[C@@H](c1cccnc1)N(C)Cc1cc(CN2CCCC2)cs1. The van der Waals surface area contributed by atoms with Crippen LogP contribution in [-0.4, -0.2) is 34.9 Å². The van der Waals surface area contributed by atoms with Gasteiger partial charge in [0.15, 0.2) is 0 Å². The Morgan fingerprint density at radius 2 is 2.18 bits per heavy atom. The molecule has 0 N–H and O–H groups in total. The van der Waals surface area contributed by atoms with Crippen molar-refractivity contribution in [2.75, 3.05) is 20.1 Å². The maximum atomic E-state index is 4.23. The van der Waals surface area contributed by atoms with Gasteiger partial charge in [0.1, 0.15) is 0 Å². The predicted octanol–water partition coefficient (Wildman–Crippen LogP) is 3.93. The number of aromatic nitrogens is 1. The second-order valence-electron chi connectivity index (χ2n) is 6.28. The zero-order valence-electron chi connectivity index (χ0n) is 13.5. The first-order valence-corrected chi connectivity index (χ1v) is 8.99. The molecule has 0 amide bonds. The molecule has 4 heteroatoms. The van der Waals surface area contributed by atoms with E-state index < -0.39 is 0 Å². The van der Waals surface area contributed by atoms with Gasteiger partial charge in [0.25, 0.3) is 0 Å². The number of pyridine rings is 1. The summed E-state index contributed by atoms with van der Waals surface area (Å²) in [7, 11) is 2.19. The summed E-state index contributed by atoms with van der Waals surface area (Å²) in [5.74, 6) is 0. The Balaban J connectivity index is 1.57. The van der Waals surface area contributed by atoms with Crippen LogP contribution in [-0.2, 0) is 13.1 Å². The van der Waals surface area contributed by atoms with Gasteiger partial charge in [-0.25, -0.2) is 0 Å². The molecule has 3 nitrogen and oxygen atoms in total. The van der Waals surface area contributed by atoms with Crippen LogP contribution in [0.25, 0.3) is 0 Å². The van der Waals surface area contributed by atoms with Gasteiger partial charge >= 0.3 is 0 Å². The van der Waals surface area contributed by atoms with E-state index in [0.29, 0.717) is 6.04 Å². The summed E-state index contributed by atoms with van der Waals surface area (Å²) in [6.45, 7) is 6.90. The van der Waals surface area contributed by atoms with Gasteiger partial charge in [0.05, 0.1) is 0 Å². The molecule has 0 saturated carbocycles. The van der Waals surface area contributed by atoms with Gasteiger partial charge < -0.3 is 0 Å². The van der Waals surface area contributed by atoms with Gasteiger partial charge in [-0.15, -0.1) is 11.3 Å². The van der Waals surface area contributed by atoms with E-state index in [0.717, 1.165) is 13.1 Å². The van der Waals surface area contributed by atoms with Crippen LogP contribution in [0.1, 0.15) is 41.8 Å². The molecule has 0 unspecified atom stereocenters. The topological polar surface area (TPSA) is 19.4 Å². The molecule has 1 saturated heterocycles. The van der Waals surface area contributed by atoms with Crippen molar-refractivity contribution in [1.82, 2.24) is 14.8 Å². The number of thiophene rings is 1. The number of hydrogen-bond donors (Lipinski definition) is 0. The minimum Gasteiger partial charge on any atom is -0.299 e. The lowest BCUT2D eigenvalue weighted by molar-refractivity contribution is 0.255. The van der Waals surface area contributed by atoms with Crippen molar-refractivity contribution in [3.05, 3.63) is 52.0 Å². The lowest BCUT2D eigenvalue weighted by Crippen LogP contribution is -2.21. The maximum Gasteiger partial charge on any atom is 0.0335 e. The molecule has 0 aromatic carbocycles. The molecule has 22 heavy (non-hydrogen) atoms. The Morgan fingerprint density at radius 1 is 1.36 bits per heavy atom. The van der Waals surface area contributed by atoms with E-state index in [1.54, 1.807) is 0 Å². The van der Waals surface area contributed by atoms with E-state index in [1.165, 1.54) is 41.9 Å². The third-order valence-electron chi connectivity index (χ3n) is 4.55. The van der Waals surface area contributed by atoms with E-state index in [4.69, 9.17) is 0 Å². The average Bonchev–Trinajstić information content (AvgIpc) is 3.20. The summed E-state index contributed by atoms with van der Waals surface area (Å²) in [6, 6.07) is 6.94. The van der Waals surface area contributed by atoms with Gasteiger partial charge in [-0.2, -0.15) is 0 Å². The van der Waals surface area contributed by atoms with Crippen molar-refractivity contribution in [3.8, 4) is 0 Å². The van der Waals surface area contributed by atoms with Gasteiger partial charge in [-0.05, 0) is 68.5 Å². The minimum absolute atomic E-state index is 0.387. The molecule has 3 heterocycles. The lowest BCUT2D eigenvalue weighted by Gasteiger charge is -2.24. The summed E-state index contributed by atoms with van der Waals surface area (Å²) in [5, 5.41) is 2.33. The molecule has 3 rings (SSSR count). The first kappa shape index (κ1) is 15.7. The molecule has 1 aliphatic rings. The Kier molecular flexibility index (Phi) is 5.24. The monoisotopic (exact) mass is 315 g/mol. The van der Waals surface area contributed by atoms with Gasteiger partial charge in [-0.3, -0.25) is 14.8 Å². The van der Waals surface area contributed by atoms with Crippen LogP contribution in [0.5, 0.6) is 0 Å². The van der Waals surface area contributed by atoms with Crippen LogP contribution in [0.2, 0.25) is 0 Å². The normalized spacial score (nSPS) is 17.2. The molecule has 2 aromatic heterocycles. The molecule has 1 fully saturated rings. The third-order valence-corrected chi connectivity index (χ3v) is 5.52. The predicted molar refractivity (Wildman–Crippen MR) is 92.9 cm³/mol. The zero-order valence-corrected chi connectivity index (χ0v) is 14.4. The van der Waals surface area contributed by atoms with E-state index in [-0.39, 0.29) is 0 Å². The second-order valence-corrected chi connectivity index (χ2v) is 7.28. The molecular weight excluding hydrogens is 290 g/mol. The summed E-state index contributed by atoms with van der Waals surface area (Å²) in [5.41, 5.74) is 2.75. The number of likely N-dealkylation sites (tertiary alicyclic amines) is 1. The summed E-state index contributed by atoms with van der Waals surface area (Å²) < 4.78 is 0. The molecule has 0 spiro atoms. The number of hydrogen-bond acceptors (Lipinski definition) is 4. The highest BCUT2D eigenvalue weighted by molar-refractivity contribution is 7.10. The van der Waals surface area contributed by atoms with Crippen LogP contribution in [0.4, 0.5) is 0 Å². The van der Waals surface area contributed by atoms with Crippen LogP contribution in [0.3, 0.4) is 0 Å².